The maximum atomic E-state index is 2.61. The van der Waals surface area contributed by atoms with Crippen LogP contribution in [0.1, 0.15) is 0 Å². The normalized spacial score (nSPS) is 14.5. The average molecular weight is 983 g/mol. The van der Waals surface area contributed by atoms with Gasteiger partial charge in [-0.3, -0.25) is 0 Å². The fraction of sp³-hybridized carbons (Fsp3) is 0. The molecule has 348 valence electrons. The van der Waals surface area contributed by atoms with Crippen LogP contribution in [0.15, 0.2) is 285 Å². The van der Waals surface area contributed by atoms with Crippen molar-refractivity contribution in [2.24, 2.45) is 0 Å². The van der Waals surface area contributed by atoms with Crippen molar-refractivity contribution in [2.75, 3.05) is 9.80 Å². The Morgan fingerprint density at radius 1 is 0.253 bits per heavy atom. The molecule has 0 N–H and O–H groups in total. The van der Waals surface area contributed by atoms with Crippen LogP contribution >= 0.6 is 0 Å². The topological polar surface area (TPSA) is 6.48 Å². The molecule has 2 nitrogen and oxygen atoms in total. The highest BCUT2D eigenvalue weighted by Gasteiger charge is 2.51. The van der Waals surface area contributed by atoms with Gasteiger partial charge in [-0.1, -0.05) is 237 Å². The number of hydrogen-bond acceptors (Lipinski definition) is 2. The second-order valence-electron chi connectivity index (χ2n) is 20.6. The molecule has 0 unspecified atom stereocenters. The third-order valence-corrected chi connectivity index (χ3v) is 26.9. The van der Waals surface area contributed by atoms with Gasteiger partial charge in [0.2, 0.25) is 0 Å². The van der Waals surface area contributed by atoms with Crippen LogP contribution in [0.2, 0.25) is 0 Å². The summed E-state index contributed by atoms with van der Waals surface area (Å²) in [5, 5.41) is 13.9. The van der Waals surface area contributed by atoms with Gasteiger partial charge >= 0.3 is 0 Å². The fourth-order valence-electron chi connectivity index (χ4n) is 14.3. The predicted molar refractivity (Wildman–Crippen MR) is 323 cm³/mol. The summed E-state index contributed by atoms with van der Waals surface area (Å²) in [5.41, 5.74) is 16.6. The van der Waals surface area contributed by atoms with Gasteiger partial charge in [-0.15, -0.1) is 0 Å². The van der Waals surface area contributed by atoms with Gasteiger partial charge in [0.25, 0.3) is 6.71 Å². The molecule has 75 heavy (non-hydrogen) atoms. The minimum atomic E-state index is -2.80. The van der Waals surface area contributed by atoms with E-state index in [2.05, 4.69) is 295 Å². The molecule has 0 spiro atoms. The molecule has 0 saturated carbocycles. The highest BCUT2D eigenvalue weighted by atomic mass is 28.3. The number of fused-ring (bicyclic) bond motifs is 11. The van der Waals surface area contributed by atoms with Crippen molar-refractivity contribution in [1.82, 2.24) is 0 Å². The molecule has 4 aliphatic heterocycles. The summed E-state index contributed by atoms with van der Waals surface area (Å²) in [5.74, 6) is 0. The minimum Gasteiger partial charge on any atom is -0.311 e. The third kappa shape index (κ3) is 5.79. The lowest BCUT2D eigenvalue weighted by molar-refractivity contribution is 1.26. The Morgan fingerprint density at radius 2 is 0.640 bits per heavy atom. The summed E-state index contributed by atoms with van der Waals surface area (Å²) in [6, 6.07) is 109. The summed E-state index contributed by atoms with van der Waals surface area (Å²) >= 11 is 0. The summed E-state index contributed by atoms with van der Waals surface area (Å²) in [7, 11) is -5.57. The number of hydrogen-bond donors (Lipinski definition) is 0. The first kappa shape index (κ1) is 42.5. The zero-order valence-corrected chi connectivity index (χ0v) is 43.1. The zero-order chi connectivity index (χ0) is 49.2. The summed E-state index contributed by atoms with van der Waals surface area (Å²) in [4.78, 5) is 5.21. The Morgan fingerprint density at radius 3 is 1.15 bits per heavy atom. The molecule has 12 aromatic carbocycles. The molecule has 16 rings (SSSR count). The SMILES string of the molecule is c1ccc([Si]2(c3ccccc3)c3ccccc3-c3ccc(N4c5ccccc5B5c6cc7ccccc7cc6N(c6ccc7c(c6)[Si](c6ccccc6)(c6ccccc6)c6ccccc6-7)c6cccc4c65)cc32)cc1. The Hall–Kier alpha value is -9.00. The lowest BCUT2D eigenvalue weighted by atomic mass is 9.33. The van der Waals surface area contributed by atoms with Crippen LogP contribution in [-0.4, -0.2) is 22.9 Å². The predicted octanol–water partition coefficient (Wildman–Crippen LogP) is 9.64. The second kappa shape index (κ2) is 16.2. The van der Waals surface area contributed by atoms with Crippen LogP contribution in [0.5, 0.6) is 0 Å². The first-order valence-electron chi connectivity index (χ1n) is 26.3. The number of para-hydroxylation sites is 1. The molecule has 0 atom stereocenters. The molecule has 4 heterocycles. The molecule has 0 fully saturated rings. The summed E-state index contributed by atoms with van der Waals surface area (Å²) < 4.78 is 0. The lowest BCUT2D eigenvalue weighted by Crippen LogP contribution is -2.72. The number of rotatable bonds is 6. The van der Waals surface area contributed by atoms with Gasteiger partial charge in [0.05, 0.1) is 0 Å². The van der Waals surface area contributed by atoms with Crippen LogP contribution in [0.25, 0.3) is 33.0 Å². The number of benzene rings is 12. The number of anilines is 6. The molecule has 0 radical (unpaired) electrons. The van der Waals surface area contributed by atoms with Gasteiger partial charge in [0.1, 0.15) is 0 Å². The highest BCUT2D eigenvalue weighted by Crippen LogP contribution is 2.46. The third-order valence-electron chi connectivity index (χ3n) is 17.2. The van der Waals surface area contributed by atoms with E-state index in [1.807, 2.05) is 0 Å². The van der Waals surface area contributed by atoms with E-state index in [0.717, 1.165) is 0 Å². The zero-order valence-electron chi connectivity index (χ0n) is 41.1. The largest absolute Gasteiger partial charge is 0.311 e. The molecule has 0 saturated heterocycles. The van der Waals surface area contributed by atoms with E-state index in [0.29, 0.717) is 0 Å². The average Bonchev–Trinajstić information content (AvgIpc) is 4.01. The Balaban J connectivity index is 0.955. The molecular weight excluding hydrogens is 936 g/mol. The second-order valence-corrected chi connectivity index (χ2v) is 28.1. The van der Waals surface area contributed by atoms with E-state index < -0.39 is 16.1 Å². The Labute approximate surface area is 440 Å². The maximum Gasteiger partial charge on any atom is 0.252 e. The van der Waals surface area contributed by atoms with Gasteiger partial charge in [0.15, 0.2) is 16.1 Å². The van der Waals surface area contributed by atoms with Crippen LogP contribution in [0, 0.1) is 0 Å². The van der Waals surface area contributed by atoms with E-state index in [9.17, 15) is 0 Å². The lowest BCUT2D eigenvalue weighted by Gasteiger charge is -2.44. The minimum absolute atomic E-state index is 0.000997. The van der Waals surface area contributed by atoms with E-state index >= 15 is 0 Å². The monoisotopic (exact) mass is 982 g/mol. The quantitative estimate of drug-likeness (QED) is 0.153. The Kier molecular flexibility index (Phi) is 9.21. The molecule has 0 aromatic heterocycles. The van der Waals surface area contributed by atoms with Crippen molar-refractivity contribution in [3.8, 4) is 22.3 Å². The highest BCUT2D eigenvalue weighted by molar-refractivity contribution is 7.23. The van der Waals surface area contributed by atoms with Crippen LogP contribution in [0.3, 0.4) is 0 Å². The van der Waals surface area contributed by atoms with E-state index in [1.54, 1.807) is 0 Å². The molecule has 12 aromatic rings. The van der Waals surface area contributed by atoms with E-state index in [1.165, 1.54) is 125 Å². The van der Waals surface area contributed by atoms with E-state index in [4.69, 9.17) is 0 Å². The van der Waals surface area contributed by atoms with Crippen molar-refractivity contribution in [2.45, 2.75) is 0 Å². The number of nitrogens with zero attached hydrogens (tertiary/aromatic N) is 2. The van der Waals surface area contributed by atoms with Crippen molar-refractivity contribution < 1.29 is 0 Å². The van der Waals surface area contributed by atoms with Crippen LogP contribution < -0.4 is 67.7 Å². The smallest absolute Gasteiger partial charge is 0.252 e. The molecule has 0 bridgehead atoms. The van der Waals surface area contributed by atoms with Gasteiger partial charge in [0, 0.05) is 34.1 Å². The van der Waals surface area contributed by atoms with Crippen molar-refractivity contribution in [1.29, 1.82) is 0 Å². The molecule has 0 aliphatic carbocycles. The van der Waals surface area contributed by atoms with Crippen molar-refractivity contribution in [3.63, 3.8) is 0 Å². The first-order chi connectivity index (χ1) is 37.2. The Bertz CT molecular complexity index is 4200. The molecular formula is C70H47BN2Si2. The van der Waals surface area contributed by atoms with E-state index in [-0.39, 0.29) is 6.71 Å². The standard InChI is InChI=1S/C70H47BN2Si2/c1-5-24-52(25-6-1)74(53-26-7-2-8-27-53)66-38-19-15-32-56(66)58-42-40-50(46-68(58)74)72-62-35-18-17-34-60(62)71-61-44-48-22-13-14-23-49(48)45-65(61)73(64-37-21-36-63(72)70(64)71)51-41-43-59-57-33-16-20-39-67(57)75(69(59)47-51,54-28-9-3-10-29-54)55-30-11-4-12-31-55/h1-47H. The van der Waals surface area contributed by atoms with Crippen LogP contribution in [-0.2, 0) is 0 Å². The van der Waals surface area contributed by atoms with Crippen molar-refractivity contribution >= 4 is 126 Å². The van der Waals surface area contributed by atoms with Gasteiger partial charge in [-0.2, -0.15) is 0 Å². The fourth-order valence-corrected chi connectivity index (χ4v) is 24.7. The summed E-state index contributed by atoms with van der Waals surface area (Å²) in [6.07, 6.45) is 0. The van der Waals surface area contributed by atoms with Gasteiger partial charge in [-0.05, 0) is 139 Å². The maximum absolute atomic E-state index is 2.80. The first-order valence-corrected chi connectivity index (χ1v) is 30.3. The molecule has 5 heteroatoms. The summed E-state index contributed by atoms with van der Waals surface area (Å²) in [6.45, 7) is 0.000997. The van der Waals surface area contributed by atoms with Gasteiger partial charge < -0.3 is 9.80 Å². The van der Waals surface area contributed by atoms with Crippen molar-refractivity contribution in [3.05, 3.63) is 285 Å². The van der Waals surface area contributed by atoms with Crippen LogP contribution in [0.4, 0.5) is 34.1 Å². The molecule has 0 amide bonds. The van der Waals surface area contributed by atoms with Gasteiger partial charge in [-0.25, -0.2) is 0 Å². The molecule has 4 aliphatic rings.